The average molecular weight is 329 g/mol. The predicted molar refractivity (Wildman–Crippen MR) is 73.1 cm³/mol. The van der Waals surface area contributed by atoms with Gasteiger partial charge in [0.15, 0.2) is 11.5 Å². The van der Waals surface area contributed by atoms with E-state index in [-0.39, 0.29) is 5.69 Å². The number of carboxylic acids is 1. The van der Waals surface area contributed by atoms with Gasteiger partial charge in [-0.3, -0.25) is 0 Å². The Morgan fingerprint density at radius 2 is 2.00 bits per heavy atom. The molecule has 0 amide bonds. The Balaban J connectivity index is 2.42. The van der Waals surface area contributed by atoms with Crippen molar-refractivity contribution < 1.29 is 14.6 Å². The molecule has 0 unspecified atom stereocenters. The van der Waals surface area contributed by atoms with Crippen LogP contribution in [0, 0.1) is 0 Å². The number of carboxylic acid groups (broad SMARTS) is 1. The lowest BCUT2D eigenvalue weighted by molar-refractivity contribution is -0.0353. The van der Waals surface area contributed by atoms with E-state index in [1.807, 2.05) is 0 Å². The summed E-state index contributed by atoms with van der Waals surface area (Å²) in [6.07, 6.45) is 7.62. The minimum absolute atomic E-state index is 0.00864. The van der Waals surface area contributed by atoms with Crippen molar-refractivity contribution >= 4 is 21.9 Å². The molecule has 0 aliphatic heterocycles. The van der Waals surface area contributed by atoms with Gasteiger partial charge in [-0.2, -0.15) is 0 Å². The summed E-state index contributed by atoms with van der Waals surface area (Å²) in [6.45, 7) is 0. The second kappa shape index (κ2) is 5.96. The number of aromatic carboxylic acids is 1. The second-order valence-electron chi connectivity index (χ2n) is 4.81. The Kier molecular flexibility index (Phi) is 4.52. The van der Waals surface area contributed by atoms with Crippen molar-refractivity contribution in [1.82, 2.24) is 9.97 Å². The number of halogens is 1. The van der Waals surface area contributed by atoms with E-state index in [1.165, 1.54) is 19.0 Å². The van der Waals surface area contributed by atoms with Crippen LogP contribution in [0.15, 0.2) is 10.7 Å². The quantitative estimate of drug-likeness (QED) is 0.863. The second-order valence-corrected chi connectivity index (χ2v) is 5.66. The van der Waals surface area contributed by atoms with Gasteiger partial charge in [-0.15, -0.1) is 0 Å². The summed E-state index contributed by atoms with van der Waals surface area (Å²) in [4.78, 5) is 19.6. The highest BCUT2D eigenvalue weighted by molar-refractivity contribution is 9.10. The lowest BCUT2D eigenvalue weighted by Crippen LogP contribution is -2.31. The zero-order valence-corrected chi connectivity index (χ0v) is 12.4. The Labute approximate surface area is 120 Å². The first-order chi connectivity index (χ1) is 9.09. The molecule has 0 radical (unpaired) electrons. The monoisotopic (exact) mass is 328 g/mol. The van der Waals surface area contributed by atoms with Crippen molar-refractivity contribution in [2.24, 2.45) is 0 Å². The van der Waals surface area contributed by atoms with Crippen LogP contribution in [0.5, 0.6) is 0 Å². The third kappa shape index (κ3) is 2.95. The molecule has 1 saturated carbocycles. The van der Waals surface area contributed by atoms with E-state index in [4.69, 9.17) is 9.84 Å². The topological polar surface area (TPSA) is 72.3 Å². The maximum Gasteiger partial charge on any atom is 0.355 e. The summed E-state index contributed by atoms with van der Waals surface area (Å²) in [5, 5.41) is 9.14. The molecule has 1 aliphatic carbocycles. The number of nitrogens with zero attached hydrogens (tertiary/aromatic N) is 2. The summed E-state index contributed by atoms with van der Waals surface area (Å²) in [5.74, 6) is -0.576. The lowest BCUT2D eigenvalue weighted by Gasteiger charge is -2.29. The van der Waals surface area contributed by atoms with Gasteiger partial charge in [0.05, 0.1) is 4.47 Å². The zero-order valence-electron chi connectivity index (χ0n) is 10.9. The first-order valence-corrected chi connectivity index (χ1v) is 7.20. The Hall–Kier alpha value is -1.01. The molecule has 0 atom stereocenters. The molecule has 0 aromatic carbocycles. The first kappa shape index (κ1) is 14.4. The van der Waals surface area contributed by atoms with Crippen LogP contribution in [-0.2, 0) is 10.3 Å². The number of rotatable bonds is 3. The third-order valence-electron chi connectivity index (χ3n) is 3.66. The SMILES string of the molecule is COC1(c2ncc(Br)c(C(=O)O)n2)CCCCCC1. The van der Waals surface area contributed by atoms with Crippen LogP contribution in [0.3, 0.4) is 0 Å². The highest BCUT2D eigenvalue weighted by atomic mass is 79.9. The van der Waals surface area contributed by atoms with E-state index in [0.29, 0.717) is 10.3 Å². The zero-order chi connectivity index (χ0) is 13.9. The lowest BCUT2D eigenvalue weighted by atomic mass is 9.93. The van der Waals surface area contributed by atoms with Gasteiger partial charge in [0.25, 0.3) is 0 Å². The molecule has 6 heteroatoms. The van der Waals surface area contributed by atoms with Crippen LogP contribution in [-0.4, -0.2) is 28.2 Å². The average Bonchev–Trinajstić information content (AvgIpc) is 2.65. The van der Waals surface area contributed by atoms with E-state index >= 15 is 0 Å². The van der Waals surface area contributed by atoms with Crippen LogP contribution < -0.4 is 0 Å². The molecule has 1 aliphatic rings. The first-order valence-electron chi connectivity index (χ1n) is 6.40. The Morgan fingerprint density at radius 1 is 1.37 bits per heavy atom. The molecule has 5 nitrogen and oxygen atoms in total. The highest BCUT2D eigenvalue weighted by Gasteiger charge is 2.36. The minimum atomic E-state index is -1.06. The summed E-state index contributed by atoms with van der Waals surface area (Å²) in [7, 11) is 1.65. The minimum Gasteiger partial charge on any atom is -0.476 e. The largest absolute Gasteiger partial charge is 0.476 e. The molecular weight excluding hydrogens is 312 g/mol. The van der Waals surface area contributed by atoms with Crippen LogP contribution in [0.25, 0.3) is 0 Å². The van der Waals surface area contributed by atoms with Crippen LogP contribution in [0.2, 0.25) is 0 Å². The third-order valence-corrected chi connectivity index (χ3v) is 4.24. The van der Waals surface area contributed by atoms with E-state index < -0.39 is 11.6 Å². The molecule has 2 rings (SSSR count). The summed E-state index contributed by atoms with van der Waals surface area (Å²) in [6, 6.07) is 0. The van der Waals surface area contributed by atoms with E-state index in [0.717, 1.165) is 25.7 Å². The Bertz CT molecular complexity index is 471. The van der Waals surface area contributed by atoms with Crippen molar-refractivity contribution in [3.63, 3.8) is 0 Å². The maximum absolute atomic E-state index is 11.2. The van der Waals surface area contributed by atoms with Gasteiger partial charge in [0.2, 0.25) is 0 Å². The normalized spacial score (nSPS) is 18.8. The van der Waals surface area contributed by atoms with Gasteiger partial charge < -0.3 is 9.84 Å². The van der Waals surface area contributed by atoms with Crippen LogP contribution in [0.1, 0.15) is 54.8 Å². The number of ether oxygens (including phenoxy) is 1. The van der Waals surface area contributed by atoms with Gasteiger partial charge in [0.1, 0.15) is 5.60 Å². The fraction of sp³-hybridized carbons (Fsp3) is 0.615. The molecule has 0 spiro atoms. The van der Waals surface area contributed by atoms with Gasteiger partial charge in [-0.1, -0.05) is 25.7 Å². The van der Waals surface area contributed by atoms with Gasteiger partial charge in [0, 0.05) is 13.3 Å². The number of hydrogen-bond acceptors (Lipinski definition) is 4. The summed E-state index contributed by atoms with van der Waals surface area (Å²) in [5.41, 5.74) is -0.549. The van der Waals surface area contributed by atoms with Crippen molar-refractivity contribution in [3.05, 3.63) is 22.2 Å². The highest BCUT2D eigenvalue weighted by Crippen LogP contribution is 2.37. The number of methoxy groups -OCH3 is 1. The summed E-state index contributed by atoms with van der Waals surface area (Å²) >= 11 is 3.16. The molecule has 104 valence electrons. The van der Waals surface area contributed by atoms with E-state index in [1.54, 1.807) is 7.11 Å². The standard InChI is InChI=1S/C13H17BrN2O3/c1-19-13(6-4-2-3-5-7-13)12-15-8-9(14)10(16-12)11(17)18/h8H,2-7H2,1H3,(H,17,18). The van der Waals surface area contributed by atoms with Crippen LogP contribution in [0.4, 0.5) is 0 Å². The maximum atomic E-state index is 11.2. The molecule has 19 heavy (non-hydrogen) atoms. The van der Waals surface area contributed by atoms with Gasteiger partial charge in [-0.25, -0.2) is 14.8 Å². The fourth-order valence-corrected chi connectivity index (χ4v) is 2.92. The Morgan fingerprint density at radius 3 is 2.53 bits per heavy atom. The molecule has 1 aromatic heterocycles. The van der Waals surface area contributed by atoms with E-state index in [9.17, 15) is 4.79 Å². The number of hydrogen-bond donors (Lipinski definition) is 1. The van der Waals surface area contributed by atoms with Gasteiger partial charge in [-0.05, 0) is 28.8 Å². The fourth-order valence-electron chi connectivity index (χ4n) is 2.56. The van der Waals surface area contributed by atoms with Crippen molar-refractivity contribution in [2.75, 3.05) is 7.11 Å². The molecule has 1 N–H and O–H groups in total. The van der Waals surface area contributed by atoms with Crippen molar-refractivity contribution in [1.29, 1.82) is 0 Å². The number of carbonyl (C=O) groups is 1. The summed E-state index contributed by atoms with van der Waals surface area (Å²) < 4.78 is 6.08. The molecule has 1 aromatic rings. The van der Waals surface area contributed by atoms with Gasteiger partial charge >= 0.3 is 5.97 Å². The van der Waals surface area contributed by atoms with Crippen molar-refractivity contribution in [2.45, 2.75) is 44.1 Å². The molecular formula is C13H17BrN2O3. The molecule has 1 fully saturated rings. The number of aromatic nitrogens is 2. The smallest absolute Gasteiger partial charge is 0.355 e. The van der Waals surface area contributed by atoms with Crippen LogP contribution >= 0.6 is 15.9 Å². The molecule has 0 bridgehead atoms. The van der Waals surface area contributed by atoms with Crippen molar-refractivity contribution in [3.8, 4) is 0 Å². The van der Waals surface area contributed by atoms with E-state index in [2.05, 4.69) is 25.9 Å². The molecule has 0 saturated heterocycles. The molecule has 1 heterocycles. The predicted octanol–water partition coefficient (Wildman–Crippen LogP) is 3.13.